The van der Waals surface area contributed by atoms with Crippen molar-refractivity contribution in [1.29, 1.82) is 0 Å². The van der Waals surface area contributed by atoms with Crippen molar-refractivity contribution in [1.82, 2.24) is 5.32 Å². The van der Waals surface area contributed by atoms with E-state index in [9.17, 15) is 9.59 Å². The lowest BCUT2D eigenvalue weighted by Crippen LogP contribution is -2.44. The van der Waals surface area contributed by atoms with Crippen LogP contribution in [0.25, 0.3) is 0 Å². The van der Waals surface area contributed by atoms with E-state index in [1.54, 1.807) is 0 Å². The van der Waals surface area contributed by atoms with Crippen LogP contribution in [0.1, 0.15) is 46.0 Å². The van der Waals surface area contributed by atoms with Gasteiger partial charge in [0.2, 0.25) is 11.8 Å². The summed E-state index contributed by atoms with van der Waals surface area (Å²) in [6.45, 7) is 4.63. The lowest BCUT2D eigenvalue weighted by molar-refractivity contribution is -0.128. The Bertz CT molecular complexity index is 244. The maximum Gasteiger partial charge on any atom is 0.239 e. The molecule has 0 aromatic carbocycles. The highest BCUT2D eigenvalue weighted by atomic mass is 16.2. The summed E-state index contributed by atoms with van der Waals surface area (Å²) in [6, 6.07) is -0.557. The predicted octanol–water partition coefficient (Wildman–Crippen LogP) is 0.522. The van der Waals surface area contributed by atoms with Gasteiger partial charge in [0.1, 0.15) is 6.04 Å². The highest BCUT2D eigenvalue weighted by Crippen LogP contribution is 2.07. The number of primary amides is 1. The molecule has 0 aliphatic carbocycles. The molecule has 5 nitrogen and oxygen atoms in total. The van der Waals surface area contributed by atoms with Gasteiger partial charge in [-0.3, -0.25) is 9.59 Å². The highest BCUT2D eigenvalue weighted by molar-refractivity contribution is 5.86. The summed E-state index contributed by atoms with van der Waals surface area (Å²) in [5.41, 5.74) is 10.6. The topological polar surface area (TPSA) is 98.2 Å². The van der Waals surface area contributed by atoms with Crippen molar-refractivity contribution >= 4 is 11.8 Å². The Kier molecular flexibility index (Phi) is 8.40. The summed E-state index contributed by atoms with van der Waals surface area (Å²) in [5.74, 6) is -0.247. The first-order valence-corrected chi connectivity index (χ1v) is 6.30. The Balaban J connectivity index is 4.06. The molecule has 0 rings (SSSR count). The Labute approximate surface area is 103 Å². The van der Waals surface area contributed by atoms with Crippen molar-refractivity contribution in [2.24, 2.45) is 17.4 Å². The summed E-state index contributed by atoms with van der Waals surface area (Å²) >= 11 is 0. The lowest BCUT2D eigenvalue weighted by Gasteiger charge is -2.16. The number of hydrogen-bond donors (Lipinski definition) is 3. The van der Waals surface area contributed by atoms with Gasteiger partial charge in [0.05, 0.1) is 0 Å². The molecule has 2 amide bonds. The maximum absolute atomic E-state index is 11.6. The summed E-state index contributed by atoms with van der Waals surface area (Å²) in [6.07, 6.45) is 3.59. The van der Waals surface area contributed by atoms with E-state index in [1.165, 1.54) is 0 Å². The number of nitrogens with two attached hydrogens (primary N) is 2. The minimum absolute atomic E-state index is 0.101. The molecule has 0 bridgehead atoms. The SMILES string of the molecule is CC[C@H](C)CC(=O)N[C@@H](CCCCN)C(N)=O. The van der Waals surface area contributed by atoms with Gasteiger partial charge >= 0.3 is 0 Å². The molecule has 5 N–H and O–H groups in total. The van der Waals surface area contributed by atoms with E-state index in [0.29, 0.717) is 25.3 Å². The second-order valence-corrected chi connectivity index (χ2v) is 4.52. The zero-order valence-corrected chi connectivity index (χ0v) is 10.9. The van der Waals surface area contributed by atoms with Crippen LogP contribution in [-0.4, -0.2) is 24.4 Å². The van der Waals surface area contributed by atoms with Crippen LogP contribution < -0.4 is 16.8 Å². The Hall–Kier alpha value is -1.10. The largest absolute Gasteiger partial charge is 0.368 e. The van der Waals surface area contributed by atoms with Gasteiger partial charge in [-0.2, -0.15) is 0 Å². The molecule has 100 valence electrons. The summed E-state index contributed by atoms with van der Waals surface area (Å²) in [5, 5.41) is 2.69. The van der Waals surface area contributed by atoms with Gasteiger partial charge < -0.3 is 16.8 Å². The molecule has 0 aliphatic rings. The summed E-state index contributed by atoms with van der Waals surface area (Å²) in [7, 11) is 0. The number of carbonyl (C=O) groups is 2. The van der Waals surface area contributed by atoms with Gasteiger partial charge in [-0.25, -0.2) is 0 Å². The minimum Gasteiger partial charge on any atom is -0.368 e. The highest BCUT2D eigenvalue weighted by Gasteiger charge is 2.18. The van der Waals surface area contributed by atoms with Crippen LogP contribution in [0.4, 0.5) is 0 Å². The molecule has 0 unspecified atom stereocenters. The molecule has 5 heteroatoms. The van der Waals surface area contributed by atoms with Crippen molar-refractivity contribution in [3.05, 3.63) is 0 Å². The molecule has 0 saturated carbocycles. The molecular formula is C12H25N3O2. The Morgan fingerprint density at radius 1 is 1.29 bits per heavy atom. The number of rotatable bonds is 9. The van der Waals surface area contributed by atoms with Crippen LogP contribution >= 0.6 is 0 Å². The Morgan fingerprint density at radius 2 is 1.94 bits per heavy atom. The molecule has 0 spiro atoms. The van der Waals surface area contributed by atoms with Crippen LogP contribution in [-0.2, 0) is 9.59 Å². The molecule has 0 radical (unpaired) electrons. The van der Waals surface area contributed by atoms with Gasteiger partial charge in [-0.1, -0.05) is 20.3 Å². The van der Waals surface area contributed by atoms with E-state index in [4.69, 9.17) is 11.5 Å². The maximum atomic E-state index is 11.6. The fourth-order valence-corrected chi connectivity index (χ4v) is 1.49. The molecule has 0 aromatic heterocycles. The van der Waals surface area contributed by atoms with Gasteiger partial charge in [0, 0.05) is 6.42 Å². The van der Waals surface area contributed by atoms with E-state index in [0.717, 1.165) is 19.3 Å². The summed E-state index contributed by atoms with van der Waals surface area (Å²) in [4.78, 5) is 22.8. The first-order chi connectivity index (χ1) is 8.01. The molecule has 17 heavy (non-hydrogen) atoms. The van der Waals surface area contributed by atoms with Crippen LogP contribution in [0.3, 0.4) is 0 Å². The molecule has 0 aromatic rings. The fourth-order valence-electron chi connectivity index (χ4n) is 1.49. The van der Waals surface area contributed by atoms with E-state index in [1.807, 2.05) is 13.8 Å². The van der Waals surface area contributed by atoms with Crippen molar-refractivity contribution < 1.29 is 9.59 Å². The van der Waals surface area contributed by atoms with Crippen molar-refractivity contribution in [2.45, 2.75) is 52.0 Å². The van der Waals surface area contributed by atoms with Gasteiger partial charge in [0.15, 0.2) is 0 Å². The van der Waals surface area contributed by atoms with Crippen molar-refractivity contribution in [2.75, 3.05) is 6.54 Å². The number of hydrogen-bond acceptors (Lipinski definition) is 3. The van der Waals surface area contributed by atoms with Crippen LogP contribution in [0.2, 0.25) is 0 Å². The zero-order chi connectivity index (χ0) is 13.3. The van der Waals surface area contributed by atoms with Crippen molar-refractivity contribution in [3.63, 3.8) is 0 Å². The van der Waals surface area contributed by atoms with Crippen LogP contribution in [0, 0.1) is 5.92 Å². The number of nitrogens with one attached hydrogen (secondary N) is 1. The third-order valence-corrected chi connectivity index (χ3v) is 2.86. The average molecular weight is 243 g/mol. The molecule has 0 fully saturated rings. The smallest absolute Gasteiger partial charge is 0.239 e. The first kappa shape index (κ1) is 15.9. The quantitative estimate of drug-likeness (QED) is 0.515. The van der Waals surface area contributed by atoms with Gasteiger partial charge in [-0.05, 0) is 31.7 Å². The predicted molar refractivity (Wildman–Crippen MR) is 68.1 cm³/mol. The molecular weight excluding hydrogens is 218 g/mol. The second kappa shape index (κ2) is 8.98. The third kappa shape index (κ3) is 7.74. The van der Waals surface area contributed by atoms with Crippen LogP contribution in [0.5, 0.6) is 0 Å². The van der Waals surface area contributed by atoms with Gasteiger partial charge in [-0.15, -0.1) is 0 Å². The van der Waals surface area contributed by atoms with E-state index < -0.39 is 11.9 Å². The standard InChI is InChI=1S/C12H25N3O2/c1-3-9(2)8-11(16)15-10(12(14)17)6-4-5-7-13/h9-10H,3-8,13H2,1-2H3,(H2,14,17)(H,15,16)/t9-,10-/m0/s1. The summed E-state index contributed by atoms with van der Waals surface area (Å²) < 4.78 is 0. The molecule has 0 aliphatic heterocycles. The average Bonchev–Trinajstić information content (AvgIpc) is 2.27. The van der Waals surface area contributed by atoms with E-state index in [2.05, 4.69) is 5.32 Å². The normalized spacial score (nSPS) is 14.1. The number of amides is 2. The van der Waals surface area contributed by atoms with Crippen molar-refractivity contribution in [3.8, 4) is 0 Å². The van der Waals surface area contributed by atoms with Crippen LogP contribution in [0.15, 0.2) is 0 Å². The second-order valence-electron chi connectivity index (χ2n) is 4.52. The Morgan fingerprint density at radius 3 is 2.41 bits per heavy atom. The first-order valence-electron chi connectivity index (χ1n) is 6.30. The molecule has 0 saturated heterocycles. The van der Waals surface area contributed by atoms with Gasteiger partial charge in [0.25, 0.3) is 0 Å². The zero-order valence-electron chi connectivity index (χ0n) is 10.9. The minimum atomic E-state index is -0.557. The van der Waals surface area contributed by atoms with E-state index >= 15 is 0 Å². The number of carbonyl (C=O) groups excluding carboxylic acids is 2. The molecule has 2 atom stereocenters. The fraction of sp³-hybridized carbons (Fsp3) is 0.833. The monoisotopic (exact) mass is 243 g/mol. The third-order valence-electron chi connectivity index (χ3n) is 2.86. The number of unbranched alkanes of at least 4 members (excludes halogenated alkanes) is 1. The lowest BCUT2D eigenvalue weighted by atomic mass is 10.0. The molecule has 0 heterocycles. The van der Waals surface area contributed by atoms with E-state index in [-0.39, 0.29) is 5.91 Å².